The highest BCUT2D eigenvalue weighted by Gasteiger charge is 2.21. The van der Waals surface area contributed by atoms with Crippen molar-refractivity contribution in [3.63, 3.8) is 0 Å². The maximum atomic E-state index is 12.4. The number of hydrogen-bond donors (Lipinski definition) is 2. The molecular weight excluding hydrogens is 412 g/mol. The quantitative estimate of drug-likeness (QED) is 0.502. The number of nitrogens with one attached hydrogen (secondary N) is 2. The summed E-state index contributed by atoms with van der Waals surface area (Å²) in [5.74, 6) is -0.197. The number of para-hydroxylation sites is 2. The van der Waals surface area contributed by atoms with Gasteiger partial charge in [-0.1, -0.05) is 72.1 Å². The van der Waals surface area contributed by atoms with E-state index in [1.54, 1.807) is 0 Å². The molecule has 2 heterocycles. The van der Waals surface area contributed by atoms with E-state index in [-0.39, 0.29) is 11.8 Å². The Kier molecular flexibility index (Phi) is 4.94. The molecule has 2 amide bonds. The van der Waals surface area contributed by atoms with Crippen molar-refractivity contribution in [1.29, 1.82) is 0 Å². The van der Waals surface area contributed by atoms with Gasteiger partial charge < -0.3 is 10.6 Å². The number of fused-ring (bicyclic) bond motifs is 2. The number of amides is 2. The summed E-state index contributed by atoms with van der Waals surface area (Å²) in [5, 5.41) is 5.85. The molecule has 4 nitrogen and oxygen atoms in total. The van der Waals surface area contributed by atoms with E-state index in [1.165, 1.54) is 23.5 Å². The molecule has 0 fully saturated rings. The average molecular weight is 429 g/mol. The maximum absolute atomic E-state index is 12.4. The molecule has 146 valence electrons. The third-order valence-electron chi connectivity index (χ3n) is 4.69. The Morgan fingerprint density at radius 3 is 1.40 bits per heavy atom. The van der Waals surface area contributed by atoms with Gasteiger partial charge >= 0.3 is 0 Å². The van der Waals surface area contributed by atoms with Gasteiger partial charge in [0.05, 0.1) is 21.2 Å². The van der Waals surface area contributed by atoms with Gasteiger partial charge in [0.25, 0.3) is 11.8 Å². The molecule has 2 aliphatic rings. The predicted molar refractivity (Wildman–Crippen MR) is 124 cm³/mol. The highest BCUT2D eigenvalue weighted by Crippen LogP contribution is 2.39. The van der Waals surface area contributed by atoms with E-state index < -0.39 is 0 Å². The van der Waals surface area contributed by atoms with Crippen LogP contribution >= 0.6 is 23.5 Å². The molecule has 2 N–H and O–H groups in total. The topological polar surface area (TPSA) is 58.2 Å². The number of benzene rings is 3. The minimum Gasteiger partial charge on any atom is -0.320 e. The van der Waals surface area contributed by atoms with Gasteiger partial charge in [-0.15, -0.1) is 0 Å². The van der Waals surface area contributed by atoms with Gasteiger partial charge in [0.1, 0.15) is 0 Å². The fourth-order valence-electron chi connectivity index (χ4n) is 3.20. The van der Waals surface area contributed by atoms with Crippen LogP contribution in [0.15, 0.2) is 92.4 Å². The number of carbonyl (C=O) groups excluding carboxylic acids is 2. The average Bonchev–Trinajstić information content (AvgIpc) is 2.76. The summed E-state index contributed by atoms with van der Waals surface area (Å²) < 4.78 is 0. The van der Waals surface area contributed by atoms with Crippen molar-refractivity contribution >= 4 is 58.9 Å². The fourth-order valence-corrected chi connectivity index (χ4v) is 5.10. The highest BCUT2D eigenvalue weighted by atomic mass is 32.2. The third kappa shape index (κ3) is 3.79. The summed E-state index contributed by atoms with van der Waals surface area (Å²) in [6, 6.07) is 23.3. The molecule has 3 aromatic carbocycles. The number of hydrogen-bond acceptors (Lipinski definition) is 4. The molecule has 0 spiro atoms. The van der Waals surface area contributed by atoms with Gasteiger partial charge in [-0.2, -0.15) is 0 Å². The Morgan fingerprint density at radius 1 is 0.567 bits per heavy atom. The van der Waals surface area contributed by atoms with Gasteiger partial charge in [-0.05, 0) is 47.5 Å². The van der Waals surface area contributed by atoms with Crippen molar-refractivity contribution in [2.75, 3.05) is 10.6 Å². The second-order valence-corrected chi connectivity index (χ2v) is 8.96. The zero-order valence-corrected chi connectivity index (χ0v) is 17.3. The van der Waals surface area contributed by atoms with E-state index in [9.17, 15) is 9.59 Å². The van der Waals surface area contributed by atoms with Crippen molar-refractivity contribution in [1.82, 2.24) is 0 Å². The van der Waals surface area contributed by atoms with E-state index in [0.29, 0.717) is 9.81 Å². The molecule has 0 aromatic heterocycles. The minimum atomic E-state index is -0.0983. The summed E-state index contributed by atoms with van der Waals surface area (Å²) in [4.78, 5) is 28.1. The molecule has 30 heavy (non-hydrogen) atoms. The molecule has 0 bridgehead atoms. The summed E-state index contributed by atoms with van der Waals surface area (Å²) in [6.45, 7) is 0. The first-order valence-corrected chi connectivity index (χ1v) is 11.0. The lowest BCUT2D eigenvalue weighted by atomic mass is 10.1. The lowest BCUT2D eigenvalue weighted by Gasteiger charge is -2.18. The summed E-state index contributed by atoms with van der Waals surface area (Å²) >= 11 is 2.93. The Balaban J connectivity index is 1.36. The first-order valence-electron chi connectivity index (χ1n) is 9.36. The predicted octanol–water partition coefficient (Wildman–Crippen LogP) is 5.86. The first-order chi connectivity index (χ1) is 14.7. The minimum absolute atomic E-state index is 0.0983. The van der Waals surface area contributed by atoms with Crippen molar-refractivity contribution in [3.05, 3.63) is 93.7 Å². The van der Waals surface area contributed by atoms with Crippen LogP contribution in [-0.4, -0.2) is 11.8 Å². The summed E-state index contributed by atoms with van der Waals surface area (Å²) in [6.07, 6.45) is 3.76. The lowest BCUT2D eigenvalue weighted by molar-refractivity contribution is -0.113. The second kappa shape index (κ2) is 7.89. The Bertz CT molecular complexity index is 1130. The van der Waals surface area contributed by atoms with E-state index in [1.807, 2.05) is 84.9 Å². The van der Waals surface area contributed by atoms with Crippen molar-refractivity contribution in [3.8, 4) is 0 Å². The molecule has 5 rings (SSSR count). The van der Waals surface area contributed by atoms with Crippen LogP contribution in [0.1, 0.15) is 11.1 Å². The third-order valence-corrected chi connectivity index (χ3v) is 6.89. The second-order valence-electron chi connectivity index (χ2n) is 6.79. The van der Waals surface area contributed by atoms with E-state index >= 15 is 0 Å². The summed E-state index contributed by atoms with van der Waals surface area (Å²) in [7, 11) is 0. The zero-order valence-electron chi connectivity index (χ0n) is 15.7. The molecule has 0 unspecified atom stereocenters. The number of anilines is 2. The molecular formula is C24H16N2O2S2. The largest absolute Gasteiger partial charge is 0.320 e. The van der Waals surface area contributed by atoms with Crippen LogP contribution in [-0.2, 0) is 9.59 Å². The maximum Gasteiger partial charge on any atom is 0.262 e. The molecule has 3 aromatic rings. The summed E-state index contributed by atoms with van der Waals surface area (Å²) in [5.41, 5.74) is 3.55. The monoisotopic (exact) mass is 428 g/mol. The Morgan fingerprint density at radius 2 is 0.967 bits per heavy atom. The number of carbonyl (C=O) groups is 2. The van der Waals surface area contributed by atoms with Crippen molar-refractivity contribution in [2.24, 2.45) is 0 Å². The van der Waals surface area contributed by atoms with Crippen LogP contribution in [0.5, 0.6) is 0 Å². The molecule has 2 aliphatic heterocycles. The fraction of sp³-hybridized carbons (Fsp3) is 0. The van der Waals surface area contributed by atoms with Crippen molar-refractivity contribution < 1.29 is 9.59 Å². The number of thioether (sulfide) groups is 2. The SMILES string of the molecule is O=C1Nc2ccccc2S/C1=C/c1ccc(/C=C2/Sc3ccccc3NC2=O)cc1. The Labute approximate surface area is 182 Å². The van der Waals surface area contributed by atoms with Crippen LogP contribution in [0.3, 0.4) is 0 Å². The van der Waals surface area contributed by atoms with Gasteiger partial charge in [0, 0.05) is 9.79 Å². The first kappa shape index (κ1) is 18.8. The van der Waals surface area contributed by atoms with E-state index in [2.05, 4.69) is 10.6 Å². The van der Waals surface area contributed by atoms with Crippen LogP contribution in [0.2, 0.25) is 0 Å². The van der Waals surface area contributed by atoms with Crippen molar-refractivity contribution in [2.45, 2.75) is 9.79 Å². The van der Waals surface area contributed by atoms with Gasteiger partial charge in [0.15, 0.2) is 0 Å². The zero-order chi connectivity index (χ0) is 20.5. The van der Waals surface area contributed by atoms with Crippen LogP contribution in [0.25, 0.3) is 12.2 Å². The molecule has 0 saturated carbocycles. The normalized spacial score (nSPS) is 17.9. The van der Waals surface area contributed by atoms with Crippen LogP contribution in [0.4, 0.5) is 11.4 Å². The Hall–Kier alpha value is -3.22. The van der Waals surface area contributed by atoms with E-state index in [4.69, 9.17) is 0 Å². The molecule has 0 radical (unpaired) electrons. The van der Waals surface area contributed by atoms with Gasteiger partial charge in [-0.25, -0.2) is 0 Å². The highest BCUT2D eigenvalue weighted by molar-refractivity contribution is 8.04. The van der Waals surface area contributed by atoms with E-state index in [0.717, 1.165) is 32.3 Å². The lowest BCUT2D eigenvalue weighted by Crippen LogP contribution is -2.17. The standard InChI is InChI=1S/C24H16N2O2S2/c27-23-21(29-19-7-3-1-5-17(19)25-23)13-15-9-11-16(12-10-15)14-22-24(28)26-18-6-2-4-8-20(18)30-22/h1-14H,(H,25,27)(H,26,28)/b21-13+,22-14+. The molecule has 0 atom stereocenters. The van der Waals surface area contributed by atoms with Gasteiger partial charge in [-0.3, -0.25) is 9.59 Å². The smallest absolute Gasteiger partial charge is 0.262 e. The van der Waals surface area contributed by atoms with Crippen LogP contribution < -0.4 is 10.6 Å². The number of rotatable bonds is 2. The molecule has 0 aliphatic carbocycles. The van der Waals surface area contributed by atoms with Crippen LogP contribution in [0, 0.1) is 0 Å². The molecule has 0 saturated heterocycles. The molecule has 6 heteroatoms. The van der Waals surface area contributed by atoms with Gasteiger partial charge in [0.2, 0.25) is 0 Å².